The van der Waals surface area contributed by atoms with E-state index in [0.29, 0.717) is 12.0 Å². The van der Waals surface area contributed by atoms with Gasteiger partial charge in [0.05, 0.1) is 10.8 Å². The van der Waals surface area contributed by atoms with Crippen LogP contribution in [0.25, 0.3) is 0 Å². The lowest BCUT2D eigenvalue weighted by Gasteiger charge is -2.30. The molecular formula is C15H18O4. The number of aldehydes is 1. The van der Waals surface area contributed by atoms with Crippen LogP contribution in [0.5, 0.6) is 0 Å². The molecule has 5 atom stereocenters. The van der Waals surface area contributed by atoms with Gasteiger partial charge < -0.3 is 9.84 Å². The van der Waals surface area contributed by atoms with Crippen molar-refractivity contribution in [1.82, 2.24) is 0 Å². The molecule has 4 aliphatic rings. The van der Waals surface area contributed by atoms with Crippen molar-refractivity contribution in [3.63, 3.8) is 0 Å². The fraction of sp³-hybridized carbons (Fsp3) is 0.733. The Balaban J connectivity index is 1.89. The molecule has 19 heavy (non-hydrogen) atoms. The predicted octanol–water partition coefficient (Wildman–Crippen LogP) is 1.43. The molecule has 0 amide bonds. The lowest BCUT2D eigenvalue weighted by molar-refractivity contribution is -0.165. The molecule has 4 nitrogen and oxygen atoms in total. The molecule has 1 heterocycles. The highest BCUT2D eigenvalue weighted by atomic mass is 16.6. The van der Waals surface area contributed by atoms with Gasteiger partial charge in [-0.25, -0.2) is 0 Å². The minimum Gasteiger partial charge on any atom is -0.434 e. The van der Waals surface area contributed by atoms with Gasteiger partial charge in [0.1, 0.15) is 6.29 Å². The van der Waals surface area contributed by atoms with E-state index in [9.17, 15) is 14.7 Å². The number of hydrogen-bond donors (Lipinski definition) is 1. The number of esters is 1. The maximum absolute atomic E-state index is 12.3. The van der Waals surface area contributed by atoms with Crippen LogP contribution in [-0.4, -0.2) is 23.7 Å². The van der Waals surface area contributed by atoms with Gasteiger partial charge in [-0.05, 0) is 36.5 Å². The highest BCUT2D eigenvalue weighted by molar-refractivity contribution is 5.93. The minimum atomic E-state index is -1.14. The first-order valence-corrected chi connectivity index (χ1v) is 6.94. The number of fused-ring (bicyclic) bond motifs is 1. The molecule has 102 valence electrons. The molecule has 4 rings (SSSR count). The standard InChI is InChI=1S/C15H18O4/c1-13(2)4-8-3-9(6-16)14-7-15(14,10(8)5-13)12(18)19-11(14)17/h3,6,8,10-11,17H,4-5,7H2,1-2H3/t8-,10-,11+,14+,15-/m1/s1. The van der Waals surface area contributed by atoms with Crippen molar-refractivity contribution in [2.24, 2.45) is 28.1 Å². The molecule has 2 saturated carbocycles. The number of carbonyl (C=O) groups excluding carboxylic acids is 2. The topological polar surface area (TPSA) is 63.6 Å². The molecule has 4 heteroatoms. The van der Waals surface area contributed by atoms with Crippen molar-refractivity contribution in [2.75, 3.05) is 0 Å². The van der Waals surface area contributed by atoms with Crippen molar-refractivity contribution in [2.45, 2.75) is 39.4 Å². The average Bonchev–Trinajstić information content (AvgIpc) is 2.89. The van der Waals surface area contributed by atoms with E-state index in [0.717, 1.165) is 19.1 Å². The van der Waals surface area contributed by atoms with Crippen LogP contribution in [0.4, 0.5) is 0 Å². The van der Waals surface area contributed by atoms with E-state index in [1.54, 1.807) is 0 Å². The second kappa shape index (κ2) is 2.95. The van der Waals surface area contributed by atoms with Crippen LogP contribution < -0.4 is 0 Å². The van der Waals surface area contributed by atoms with Crippen molar-refractivity contribution in [3.05, 3.63) is 11.6 Å². The van der Waals surface area contributed by atoms with E-state index in [-0.39, 0.29) is 23.2 Å². The molecule has 0 bridgehead atoms. The SMILES string of the molecule is CC1(C)C[C@H]2C=C(C=O)[C@]34C[C@]3(C(=O)O[C@@H]4O)[C@@H]2C1. The third-order valence-corrected chi connectivity index (χ3v) is 5.98. The van der Waals surface area contributed by atoms with E-state index in [4.69, 9.17) is 4.74 Å². The van der Waals surface area contributed by atoms with Crippen LogP contribution >= 0.6 is 0 Å². The molecule has 0 radical (unpaired) electrons. The first-order valence-electron chi connectivity index (χ1n) is 6.94. The van der Waals surface area contributed by atoms with E-state index >= 15 is 0 Å². The average molecular weight is 262 g/mol. The Morgan fingerprint density at radius 1 is 1.37 bits per heavy atom. The Morgan fingerprint density at radius 3 is 2.79 bits per heavy atom. The van der Waals surface area contributed by atoms with Gasteiger partial charge in [-0.15, -0.1) is 0 Å². The summed E-state index contributed by atoms with van der Waals surface area (Å²) in [6, 6.07) is 0. The highest BCUT2D eigenvalue weighted by Gasteiger charge is 2.87. The summed E-state index contributed by atoms with van der Waals surface area (Å²) in [5, 5.41) is 10.1. The van der Waals surface area contributed by atoms with Crippen LogP contribution in [0.3, 0.4) is 0 Å². The van der Waals surface area contributed by atoms with Crippen molar-refractivity contribution < 1.29 is 19.4 Å². The van der Waals surface area contributed by atoms with Crippen molar-refractivity contribution >= 4 is 12.3 Å². The second-order valence-electron chi connectivity index (χ2n) is 7.46. The molecule has 1 saturated heterocycles. The number of cyclic esters (lactones) is 1. The zero-order valence-electron chi connectivity index (χ0n) is 11.2. The summed E-state index contributed by atoms with van der Waals surface area (Å²) in [4.78, 5) is 23.7. The third-order valence-electron chi connectivity index (χ3n) is 5.98. The Morgan fingerprint density at radius 2 is 2.11 bits per heavy atom. The Hall–Kier alpha value is -1.16. The number of carbonyl (C=O) groups is 2. The molecule has 1 aliphatic heterocycles. The smallest absolute Gasteiger partial charge is 0.315 e. The summed E-state index contributed by atoms with van der Waals surface area (Å²) in [5.41, 5.74) is -0.575. The molecule has 3 aliphatic carbocycles. The van der Waals surface area contributed by atoms with E-state index in [2.05, 4.69) is 13.8 Å². The maximum Gasteiger partial charge on any atom is 0.315 e. The Bertz CT molecular complexity index is 534. The van der Waals surface area contributed by atoms with Crippen molar-refractivity contribution in [3.8, 4) is 0 Å². The summed E-state index contributed by atoms with van der Waals surface area (Å²) in [5.74, 6) is 0.194. The number of allylic oxidation sites excluding steroid dienone is 1. The molecular weight excluding hydrogens is 244 g/mol. The van der Waals surface area contributed by atoms with Crippen LogP contribution in [0.1, 0.15) is 33.1 Å². The lowest BCUT2D eigenvalue weighted by Crippen LogP contribution is -2.35. The summed E-state index contributed by atoms with van der Waals surface area (Å²) < 4.78 is 5.08. The fourth-order valence-electron chi connectivity index (χ4n) is 5.23. The molecule has 0 aromatic heterocycles. The minimum absolute atomic E-state index is 0.182. The highest BCUT2D eigenvalue weighted by Crippen LogP contribution is 2.82. The molecule has 0 aromatic carbocycles. The van der Waals surface area contributed by atoms with Gasteiger partial charge in [0, 0.05) is 5.57 Å². The quantitative estimate of drug-likeness (QED) is 0.573. The fourth-order valence-corrected chi connectivity index (χ4v) is 5.23. The van der Waals surface area contributed by atoms with E-state index in [1.165, 1.54) is 0 Å². The van der Waals surface area contributed by atoms with Gasteiger partial charge in [-0.2, -0.15) is 0 Å². The van der Waals surface area contributed by atoms with Crippen LogP contribution in [0.15, 0.2) is 11.6 Å². The van der Waals surface area contributed by atoms with Gasteiger partial charge in [0.15, 0.2) is 0 Å². The van der Waals surface area contributed by atoms with Crippen LogP contribution in [-0.2, 0) is 14.3 Å². The summed E-state index contributed by atoms with van der Waals surface area (Å²) in [6.45, 7) is 4.41. The zero-order valence-corrected chi connectivity index (χ0v) is 11.2. The number of rotatable bonds is 1. The molecule has 0 unspecified atom stereocenters. The molecule has 3 fully saturated rings. The summed E-state index contributed by atoms with van der Waals surface area (Å²) in [7, 11) is 0. The van der Waals surface area contributed by atoms with Crippen LogP contribution in [0.2, 0.25) is 0 Å². The predicted molar refractivity (Wildman–Crippen MR) is 65.7 cm³/mol. The Kier molecular flexibility index (Phi) is 1.81. The number of hydrogen-bond acceptors (Lipinski definition) is 4. The monoisotopic (exact) mass is 262 g/mol. The molecule has 0 aromatic rings. The summed E-state index contributed by atoms with van der Waals surface area (Å²) >= 11 is 0. The lowest BCUT2D eigenvalue weighted by atomic mass is 9.69. The van der Waals surface area contributed by atoms with Crippen LogP contribution in [0, 0.1) is 28.1 Å². The van der Waals surface area contributed by atoms with Crippen molar-refractivity contribution in [1.29, 1.82) is 0 Å². The second-order valence-corrected chi connectivity index (χ2v) is 7.46. The van der Waals surface area contributed by atoms with E-state index in [1.807, 2.05) is 6.08 Å². The third kappa shape index (κ3) is 1.04. The molecule has 1 N–H and O–H groups in total. The van der Waals surface area contributed by atoms with Gasteiger partial charge in [-0.1, -0.05) is 19.9 Å². The van der Waals surface area contributed by atoms with Gasteiger partial charge in [-0.3, -0.25) is 9.59 Å². The number of ether oxygens (including phenoxy) is 1. The zero-order chi connectivity index (χ0) is 13.6. The number of aliphatic hydroxyl groups excluding tert-OH is 1. The Labute approximate surface area is 111 Å². The van der Waals surface area contributed by atoms with Gasteiger partial charge in [0.25, 0.3) is 0 Å². The molecule has 0 spiro atoms. The first kappa shape index (κ1) is 11.6. The maximum atomic E-state index is 12.3. The number of aliphatic hydroxyl groups is 1. The summed E-state index contributed by atoms with van der Waals surface area (Å²) in [6.07, 6.45) is 4.22. The van der Waals surface area contributed by atoms with E-state index < -0.39 is 17.1 Å². The first-order chi connectivity index (χ1) is 8.87. The normalized spacial score (nSPS) is 52.7. The van der Waals surface area contributed by atoms with Gasteiger partial charge >= 0.3 is 5.97 Å². The largest absolute Gasteiger partial charge is 0.434 e. The van der Waals surface area contributed by atoms with Gasteiger partial charge in [0.2, 0.25) is 6.29 Å².